The van der Waals surface area contributed by atoms with Crippen LogP contribution in [0.2, 0.25) is 0 Å². The first-order chi connectivity index (χ1) is 14.3. The number of carbonyl (C=O) groups excluding carboxylic acids is 2. The molecule has 0 aliphatic rings. The number of ether oxygens (including phenoxy) is 1. The molecule has 0 aliphatic heterocycles. The smallest absolute Gasteiger partial charge is 0.261 e. The summed E-state index contributed by atoms with van der Waals surface area (Å²) in [4.78, 5) is 27.2. The van der Waals surface area contributed by atoms with Crippen molar-refractivity contribution >= 4 is 11.8 Å². The lowest BCUT2D eigenvalue weighted by molar-refractivity contribution is -0.142. The number of benzene rings is 2. The molecule has 0 spiro atoms. The van der Waals surface area contributed by atoms with Gasteiger partial charge in [0.25, 0.3) is 5.91 Å². The van der Waals surface area contributed by atoms with Gasteiger partial charge in [0.05, 0.1) is 0 Å². The summed E-state index contributed by atoms with van der Waals surface area (Å²) >= 11 is 0. The van der Waals surface area contributed by atoms with E-state index in [0.29, 0.717) is 24.8 Å². The molecule has 0 radical (unpaired) electrons. The summed E-state index contributed by atoms with van der Waals surface area (Å²) in [6.45, 7) is 10.9. The fourth-order valence-corrected chi connectivity index (χ4v) is 3.13. The first-order valence-corrected chi connectivity index (χ1v) is 10.7. The van der Waals surface area contributed by atoms with E-state index in [1.165, 1.54) is 5.56 Å². The van der Waals surface area contributed by atoms with Gasteiger partial charge in [-0.1, -0.05) is 57.2 Å². The molecule has 0 fully saturated rings. The lowest BCUT2D eigenvalue weighted by atomic mass is 10.0. The number of rotatable bonds is 10. The van der Waals surface area contributed by atoms with E-state index in [1.54, 1.807) is 11.8 Å². The molecule has 0 aliphatic carbocycles. The van der Waals surface area contributed by atoms with E-state index in [2.05, 4.69) is 19.2 Å². The average Bonchev–Trinajstić information content (AvgIpc) is 2.75. The topological polar surface area (TPSA) is 58.6 Å². The highest BCUT2D eigenvalue weighted by molar-refractivity contribution is 5.88. The molecule has 5 heteroatoms. The molecule has 1 N–H and O–H groups in total. The highest BCUT2D eigenvalue weighted by Crippen LogP contribution is 2.19. The lowest BCUT2D eigenvalue weighted by Crippen LogP contribution is -2.49. The fourth-order valence-electron chi connectivity index (χ4n) is 3.13. The maximum Gasteiger partial charge on any atom is 0.261 e. The quantitative estimate of drug-likeness (QED) is 0.630. The SMILES string of the molecule is CCCNC(=O)C(C)N(Cc1ccccc1C)C(=O)COc1ccc(C(C)C)cc1. The maximum absolute atomic E-state index is 13.0. The van der Waals surface area contributed by atoms with Crippen molar-refractivity contribution in [3.63, 3.8) is 0 Å². The van der Waals surface area contributed by atoms with Crippen molar-refractivity contribution in [1.29, 1.82) is 0 Å². The van der Waals surface area contributed by atoms with Gasteiger partial charge in [-0.25, -0.2) is 0 Å². The van der Waals surface area contributed by atoms with Crippen LogP contribution in [0.15, 0.2) is 48.5 Å². The maximum atomic E-state index is 13.0. The summed E-state index contributed by atoms with van der Waals surface area (Å²) < 4.78 is 5.74. The van der Waals surface area contributed by atoms with Gasteiger partial charge in [0.15, 0.2) is 6.61 Å². The number of amides is 2. The summed E-state index contributed by atoms with van der Waals surface area (Å²) in [5.41, 5.74) is 3.32. The molecule has 5 nitrogen and oxygen atoms in total. The van der Waals surface area contributed by atoms with Crippen molar-refractivity contribution in [3.05, 3.63) is 65.2 Å². The Bertz CT molecular complexity index is 831. The third kappa shape index (κ3) is 6.61. The van der Waals surface area contributed by atoms with E-state index in [1.807, 2.05) is 62.4 Å². The summed E-state index contributed by atoms with van der Waals surface area (Å²) in [6, 6.07) is 15.1. The Morgan fingerprint density at radius 1 is 1.03 bits per heavy atom. The summed E-state index contributed by atoms with van der Waals surface area (Å²) in [6.07, 6.45) is 0.847. The van der Waals surface area contributed by atoms with E-state index < -0.39 is 6.04 Å². The fraction of sp³-hybridized carbons (Fsp3) is 0.440. The first kappa shape index (κ1) is 23.5. The molecule has 2 amide bonds. The second-order valence-corrected chi connectivity index (χ2v) is 7.93. The average molecular weight is 411 g/mol. The van der Waals surface area contributed by atoms with Crippen LogP contribution in [-0.2, 0) is 16.1 Å². The summed E-state index contributed by atoms with van der Waals surface area (Å²) in [5, 5.41) is 2.88. The summed E-state index contributed by atoms with van der Waals surface area (Å²) in [7, 11) is 0. The van der Waals surface area contributed by atoms with Crippen molar-refractivity contribution < 1.29 is 14.3 Å². The molecule has 30 heavy (non-hydrogen) atoms. The molecular formula is C25H34N2O3. The van der Waals surface area contributed by atoms with Crippen molar-refractivity contribution in [3.8, 4) is 5.75 Å². The predicted molar refractivity (Wildman–Crippen MR) is 121 cm³/mol. The van der Waals surface area contributed by atoms with Crippen molar-refractivity contribution in [2.24, 2.45) is 0 Å². The second kappa shape index (κ2) is 11.4. The van der Waals surface area contributed by atoms with Gasteiger partial charge in [0, 0.05) is 13.1 Å². The molecular weight excluding hydrogens is 376 g/mol. The zero-order valence-corrected chi connectivity index (χ0v) is 18.8. The molecule has 2 aromatic carbocycles. The van der Waals surface area contributed by atoms with Crippen LogP contribution in [-0.4, -0.2) is 35.9 Å². The van der Waals surface area contributed by atoms with Gasteiger partial charge < -0.3 is 15.0 Å². The molecule has 1 unspecified atom stereocenters. The molecule has 0 bridgehead atoms. The van der Waals surface area contributed by atoms with Gasteiger partial charge in [-0.3, -0.25) is 9.59 Å². The van der Waals surface area contributed by atoms with Crippen LogP contribution in [0.4, 0.5) is 0 Å². The minimum Gasteiger partial charge on any atom is -0.484 e. The van der Waals surface area contributed by atoms with Crippen LogP contribution in [0.3, 0.4) is 0 Å². The predicted octanol–water partition coefficient (Wildman–Crippen LogP) is 4.44. The number of nitrogens with one attached hydrogen (secondary N) is 1. The van der Waals surface area contributed by atoms with Crippen molar-refractivity contribution in [2.75, 3.05) is 13.2 Å². The number of aryl methyl sites for hydroxylation is 1. The molecule has 1 atom stereocenters. The molecule has 0 heterocycles. The minimum absolute atomic E-state index is 0.113. The van der Waals surface area contributed by atoms with Gasteiger partial charge >= 0.3 is 0 Å². The third-order valence-corrected chi connectivity index (χ3v) is 5.23. The van der Waals surface area contributed by atoms with Crippen molar-refractivity contribution in [2.45, 2.75) is 59.5 Å². The molecule has 2 rings (SSSR count). The van der Waals surface area contributed by atoms with Crippen LogP contribution < -0.4 is 10.1 Å². The third-order valence-electron chi connectivity index (χ3n) is 5.23. The van der Waals surface area contributed by atoms with E-state index in [-0.39, 0.29) is 18.4 Å². The van der Waals surface area contributed by atoms with Crippen LogP contribution >= 0.6 is 0 Å². The molecule has 0 saturated heterocycles. The van der Waals surface area contributed by atoms with E-state index in [9.17, 15) is 9.59 Å². The van der Waals surface area contributed by atoms with Crippen molar-refractivity contribution in [1.82, 2.24) is 10.2 Å². The number of carbonyl (C=O) groups is 2. The Morgan fingerprint density at radius 2 is 1.70 bits per heavy atom. The molecule has 162 valence electrons. The number of hydrogen-bond acceptors (Lipinski definition) is 3. The Balaban J connectivity index is 2.12. The first-order valence-electron chi connectivity index (χ1n) is 10.7. The lowest BCUT2D eigenvalue weighted by Gasteiger charge is -2.29. The Morgan fingerprint density at radius 3 is 2.30 bits per heavy atom. The molecule has 2 aromatic rings. The van der Waals surface area contributed by atoms with E-state index in [0.717, 1.165) is 17.5 Å². The highest BCUT2D eigenvalue weighted by Gasteiger charge is 2.26. The van der Waals surface area contributed by atoms with Gasteiger partial charge in [0.1, 0.15) is 11.8 Å². The molecule has 0 aromatic heterocycles. The standard InChI is InChI=1S/C25H34N2O3/c1-6-15-26-25(29)20(5)27(16-22-10-8-7-9-19(22)4)24(28)17-30-23-13-11-21(12-14-23)18(2)3/h7-14,18,20H,6,15-17H2,1-5H3,(H,26,29). The minimum atomic E-state index is -0.587. The number of nitrogens with zero attached hydrogens (tertiary/aromatic N) is 1. The summed E-state index contributed by atoms with van der Waals surface area (Å²) in [5.74, 6) is 0.713. The molecule has 0 saturated carbocycles. The van der Waals surface area contributed by atoms with Gasteiger partial charge in [0.2, 0.25) is 5.91 Å². The van der Waals surface area contributed by atoms with Crippen LogP contribution in [0.1, 0.15) is 56.7 Å². The largest absolute Gasteiger partial charge is 0.484 e. The van der Waals surface area contributed by atoms with Crippen LogP contribution in [0.25, 0.3) is 0 Å². The normalized spacial score (nSPS) is 11.8. The van der Waals surface area contributed by atoms with Gasteiger partial charge in [-0.15, -0.1) is 0 Å². The Hall–Kier alpha value is -2.82. The van der Waals surface area contributed by atoms with Crippen LogP contribution in [0.5, 0.6) is 5.75 Å². The zero-order chi connectivity index (χ0) is 22.1. The monoisotopic (exact) mass is 410 g/mol. The zero-order valence-electron chi connectivity index (χ0n) is 18.8. The number of hydrogen-bond donors (Lipinski definition) is 1. The second-order valence-electron chi connectivity index (χ2n) is 7.93. The van der Waals surface area contributed by atoms with Gasteiger partial charge in [-0.05, 0) is 55.0 Å². The Kier molecular flexibility index (Phi) is 8.90. The Labute approximate surface area is 180 Å². The van der Waals surface area contributed by atoms with E-state index >= 15 is 0 Å². The highest BCUT2D eigenvalue weighted by atomic mass is 16.5. The van der Waals surface area contributed by atoms with E-state index in [4.69, 9.17) is 4.74 Å². The van der Waals surface area contributed by atoms with Crippen LogP contribution in [0, 0.1) is 6.92 Å². The van der Waals surface area contributed by atoms with Gasteiger partial charge in [-0.2, -0.15) is 0 Å².